The van der Waals surface area contributed by atoms with Gasteiger partial charge in [-0.1, -0.05) is 18.2 Å². The molecule has 2 heterocycles. The Bertz CT molecular complexity index is 1260. The average molecular weight is 462 g/mol. The van der Waals surface area contributed by atoms with Crippen LogP contribution in [0.1, 0.15) is 13.8 Å². The maximum Gasteiger partial charge on any atom is 0.333 e. The van der Waals surface area contributed by atoms with Crippen LogP contribution in [0.25, 0.3) is 11.0 Å². The molecule has 0 bridgehead atoms. The maximum absolute atomic E-state index is 13.1. The van der Waals surface area contributed by atoms with Crippen LogP contribution in [0.15, 0.2) is 53.7 Å². The van der Waals surface area contributed by atoms with Crippen LogP contribution in [-0.4, -0.2) is 54.1 Å². The lowest BCUT2D eigenvalue weighted by Crippen LogP contribution is -2.48. The molecule has 170 valence electrons. The van der Waals surface area contributed by atoms with Gasteiger partial charge in [-0.15, -0.1) is 0 Å². The van der Waals surface area contributed by atoms with E-state index in [9.17, 15) is 23.3 Å². The van der Waals surface area contributed by atoms with E-state index in [0.29, 0.717) is 6.61 Å². The van der Waals surface area contributed by atoms with Crippen LogP contribution in [0.5, 0.6) is 0 Å². The standard InChI is InChI=1S/C20H22N4O7S/c1-4-31-13-20(2,19(25)30-3)22-17-15-10-11-23(18(15)21-12-16(17)24(26)27)32(28,29)14-8-6-5-7-9-14/h5-12H,4,13H2,1-3H3,(H,21,22)/t20-/m0/s1. The van der Waals surface area contributed by atoms with Crippen molar-refractivity contribution >= 4 is 38.4 Å². The first-order chi connectivity index (χ1) is 15.2. The zero-order chi connectivity index (χ0) is 23.5. The molecule has 11 nitrogen and oxygen atoms in total. The van der Waals surface area contributed by atoms with Gasteiger partial charge in [-0.05, 0) is 32.0 Å². The molecule has 0 aliphatic heterocycles. The number of aromatic nitrogens is 2. The molecule has 2 aromatic heterocycles. The van der Waals surface area contributed by atoms with Gasteiger partial charge in [0.2, 0.25) is 0 Å². The van der Waals surface area contributed by atoms with Crippen LogP contribution in [0.4, 0.5) is 11.4 Å². The van der Waals surface area contributed by atoms with Gasteiger partial charge in [0.1, 0.15) is 11.9 Å². The first-order valence-corrected chi connectivity index (χ1v) is 11.0. The van der Waals surface area contributed by atoms with E-state index in [1.807, 2.05) is 0 Å². The lowest BCUT2D eigenvalue weighted by Gasteiger charge is -2.28. The minimum absolute atomic E-state index is 0.0305. The van der Waals surface area contributed by atoms with Crippen LogP contribution in [0, 0.1) is 10.1 Å². The van der Waals surface area contributed by atoms with Crippen LogP contribution in [0.2, 0.25) is 0 Å². The number of rotatable bonds is 9. The summed E-state index contributed by atoms with van der Waals surface area (Å²) in [4.78, 5) is 27.5. The molecule has 32 heavy (non-hydrogen) atoms. The van der Waals surface area contributed by atoms with Crippen molar-refractivity contribution in [3.05, 3.63) is 58.9 Å². The van der Waals surface area contributed by atoms with E-state index in [-0.39, 0.29) is 28.2 Å². The third-order valence-corrected chi connectivity index (χ3v) is 6.47. The second kappa shape index (κ2) is 8.93. The SMILES string of the molecule is CCOC[C@](C)(Nc1c([N+](=O)[O-])cnc2c1ccn2S(=O)(=O)c1ccccc1)C(=O)OC. The number of nitrogens with one attached hydrogen (secondary N) is 1. The molecular formula is C20H22N4O7S. The fraction of sp³-hybridized carbons (Fsp3) is 0.300. The lowest BCUT2D eigenvalue weighted by molar-refractivity contribution is -0.384. The number of fused-ring (bicyclic) bond motifs is 1. The molecule has 3 rings (SSSR count). The van der Waals surface area contributed by atoms with Crippen molar-refractivity contribution in [3.63, 3.8) is 0 Å². The van der Waals surface area contributed by atoms with Gasteiger partial charge in [-0.3, -0.25) is 10.1 Å². The Kier molecular flexibility index (Phi) is 6.46. The Hall–Kier alpha value is -3.51. The number of benzene rings is 1. The fourth-order valence-electron chi connectivity index (χ4n) is 3.18. The number of nitrogens with zero attached hydrogens (tertiary/aromatic N) is 3. The van der Waals surface area contributed by atoms with Gasteiger partial charge < -0.3 is 14.8 Å². The zero-order valence-electron chi connectivity index (χ0n) is 17.6. The number of ether oxygens (including phenoxy) is 2. The smallest absolute Gasteiger partial charge is 0.333 e. The number of hydrogen-bond acceptors (Lipinski definition) is 9. The second-order valence-electron chi connectivity index (χ2n) is 7.03. The molecule has 0 saturated carbocycles. The number of esters is 1. The van der Waals surface area contributed by atoms with Crippen molar-refractivity contribution in [2.45, 2.75) is 24.3 Å². The first kappa shape index (κ1) is 23.2. The molecule has 1 N–H and O–H groups in total. The van der Waals surface area contributed by atoms with Crippen molar-refractivity contribution in [1.29, 1.82) is 0 Å². The van der Waals surface area contributed by atoms with E-state index in [1.165, 1.54) is 38.4 Å². The third-order valence-electron chi connectivity index (χ3n) is 4.79. The molecule has 12 heteroatoms. The topological polar surface area (TPSA) is 143 Å². The number of hydrogen-bond donors (Lipinski definition) is 1. The van der Waals surface area contributed by atoms with Crippen LogP contribution in [-0.2, 0) is 24.3 Å². The van der Waals surface area contributed by atoms with Crippen molar-refractivity contribution in [3.8, 4) is 0 Å². The fourth-order valence-corrected chi connectivity index (χ4v) is 4.50. The van der Waals surface area contributed by atoms with Crippen LogP contribution in [0.3, 0.4) is 0 Å². The predicted molar refractivity (Wildman–Crippen MR) is 116 cm³/mol. The van der Waals surface area contributed by atoms with Crippen LogP contribution >= 0.6 is 0 Å². The summed E-state index contributed by atoms with van der Waals surface area (Å²) in [7, 11) is -2.82. The minimum Gasteiger partial charge on any atom is -0.467 e. The largest absolute Gasteiger partial charge is 0.467 e. The number of carbonyl (C=O) groups excluding carboxylic acids is 1. The quantitative estimate of drug-likeness (QED) is 0.288. The molecule has 0 radical (unpaired) electrons. The van der Waals surface area contributed by atoms with Crippen molar-refractivity contribution in [2.75, 3.05) is 25.6 Å². The summed E-state index contributed by atoms with van der Waals surface area (Å²) in [5.74, 6) is -0.707. The minimum atomic E-state index is -4.01. The van der Waals surface area contributed by atoms with Gasteiger partial charge in [0.25, 0.3) is 10.0 Å². The van der Waals surface area contributed by atoms with Crippen molar-refractivity contribution in [1.82, 2.24) is 8.96 Å². The molecule has 0 amide bonds. The number of anilines is 1. The van der Waals surface area contributed by atoms with E-state index in [2.05, 4.69) is 10.3 Å². The average Bonchev–Trinajstić information content (AvgIpc) is 3.23. The summed E-state index contributed by atoms with van der Waals surface area (Å²) in [5, 5.41) is 14.7. The van der Waals surface area contributed by atoms with Crippen LogP contribution < -0.4 is 5.32 Å². The summed E-state index contributed by atoms with van der Waals surface area (Å²) in [5.41, 5.74) is -2.02. The van der Waals surface area contributed by atoms with E-state index < -0.39 is 32.1 Å². The molecule has 1 atom stereocenters. The van der Waals surface area contributed by atoms with Crippen molar-refractivity contribution < 1.29 is 27.6 Å². The second-order valence-corrected chi connectivity index (χ2v) is 8.84. The highest BCUT2D eigenvalue weighted by Gasteiger charge is 2.38. The van der Waals surface area contributed by atoms with Gasteiger partial charge in [-0.2, -0.15) is 0 Å². The van der Waals surface area contributed by atoms with Crippen molar-refractivity contribution in [2.24, 2.45) is 0 Å². The number of pyridine rings is 1. The Labute approximate surface area is 184 Å². The van der Waals surface area contributed by atoms with Gasteiger partial charge in [0.05, 0.1) is 28.9 Å². The number of methoxy groups -OCH3 is 1. The van der Waals surface area contributed by atoms with Gasteiger partial charge in [0, 0.05) is 12.8 Å². The van der Waals surface area contributed by atoms with Gasteiger partial charge in [0.15, 0.2) is 11.2 Å². The van der Waals surface area contributed by atoms with E-state index in [0.717, 1.165) is 10.2 Å². The summed E-state index contributed by atoms with van der Waals surface area (Å²) in [6, 6.07) is 9.10. The molecule has 0 aliphatic carbocycles. The molecule has 0 spiro atoms. The third kappa shape index (κ3) is 4.14. The summed E-state index contributed by atoms with van der Waals surface area (Å²) in [6.45, 7) is 3.37. The maximum atomic E-state index is 13.1. The molecule has 3 aromatic rings. The Morgan fingerprint density at radius 2 is 1.97 bits per heavy atom. The molecule has 0 saturated heterocycles. The zero-order valence-corrected chi connectivity index (χ0v) is 18.5. The van der Waals surface area contributed by atoms with Gasteiger partial charge >= 0.3 is 11.7 Å². The van der Waals surface area contributed by atoms with E-state index in [4.69, 9.17) is 9.47 Å². The Morgan fingerprint density at radius 3 is 2.56 bits per heavy atom. The molecule has 0 fully saturated rings. The summed E-state index contributed by atoms with van der Waals surface area (Å²) in [6.07, 6.45) is 2.20. The normalized spacial score (nSPS) is 13.5. The molecular weight excluding hydrogens is 440 g/mol. The molecule has 0 unspecified atom stereocenters. The highest BCUT2D eigenvalue weighted by Crippen LogP contribution is 2.35. The number of carbonyl (C=O) groups is 1. The Balaban J connectivity index is 2.21. The molecule has 1 aromatic carbocycles. The Morgan fingerprint density at radius 1 is 1.28 bits per heavy atom. The first-order valence-electron chi connectivity index (χ1n) is 9.55. The van der Waals surface area contributed by atoms with E-state index in [1.54, 1.807) is 25.1 Å². The predicted octanol–water partition coefficient (Wildman–Crippen LogP) is 2.56. The summed E-state index contributed by atoms with van der Waals surface area (Å²) < 4.78 is 37.3. The van der Waals surface area contributed by atoms with E-state index >= 15 is 0 Å². The summed E-state index contributed by atoms with van der Waals surface area (Å²) >= 11 is 0. The monoisotopic (exact) mass is 462 g/mol. The highest BCUT2D eigenvalue weighted by molar-refractivity contribution is 7.90. The highest BCUT2D eigenvalue weighted by atomic mass is 32.2. The molecule has 0 aliphatic rings. The number of nitro groups is 1. The lowest BCUT2D eigenvalue weighted by atomic mass is 10.0. The van der Waals surface area contributed by atoms with Gasteiger partial charge in [-0.25, -0.2) is 22.2 Å².